The Bertz CT molecular complexity index is 358. The van der Waals surface area contributed by atoms with Gasteiger partial charge >= 0.3 is 0 Å². The molecule has 0 bridgehead atoms. The molecule has 2 nitrogen and oxygen atoms in total. The summed E-state index contributed by atoms with van der Waals surface area (Å²) in [5.41, 5.74) is 3.55. The number of hydrogen-bond acceptors (Lipinski definition) is 1. The molecule has 0 fully saturated rings. The summed E-state index contributed by atoms with van der Waals surface area (Å²) in [6.45, 7) is 6.13. The molecule has 0 aromatic heterocycles. The third kappa shape index (κ3) is 2.20. The third-order valence-corrected chi connectivity index (χ3v) is 2.63. The molecular formula is C13H19NO. The number of amides is 1. The lowest BCUT2D eigenvalue weighted by molar-refractivity contribution is -0.117. The number of likely N-dealkylation sites (N-methyl/N-ethyl adjacent to an activating group) is 1. The minimum atomic E-state index is 0.197. The number of fused-ring (bicyclic) bond motifs is 1. The number of benzene rings is 1. The molecule has 0 saturated heterocycles. The third-order valence-electron chi connectivity index (χ3n) is 2.63. The van der Waals surface area contributed by atoms with Crippen molar-refractivity contribution in [2.75, 3.05) is 11.9 Å². The molecule has 2 heteroatoms. The molecule has 0 radical (unpaired) electrons. The highest BCUT2D eigenvalue weighted by molar-refractivity contribution is 6.00. The fourth-order valence-corrected chi connectivity index (χ4v) is 1.74. The minimum Gasteiger partial charge on any atom is -0.315 e. The first-order valence-corrected chi connectivity index (χ1v) is 5.60. The van der Waals surface area contributed by atoms with E-state index in [4.69, 9.17) is 0 Å². The monoisotopic (exact) mass is 205 g/mol. The van der Waals surface area contributed by atoms with Gasteiger partial charge in [-0.05, 0) is 23.6 Å². The summed E-state index contributed by atoms with van der Waals surface area (Å²) >= 11 is 0. The normalized spacial score (nSPS) is 13.3. The average Bonchev–Trinajstić information content (AvgIpc) is 2.57. The van der Waals surface area contributed by atoms with Crippen molar-refractivity contribution in [3.05, 3.63) is 29.3 Å². The van der Waals surface area contributed by atoms with Crippen LogP contribution in [0.2, 0.25) is 0 Å². The summed E-state index contributed by atoms with van der Waals surface area (Å²) in [7, 11) is 1.83. The smallest absolute Gasteiger partial charge is 0.231 e. The molecule has 0 unspecified atom stereocenters. The number of nitrogens with zero attached hydrogens (tertiary/aromatic N) is 1. The number of carbonyl (C=O) groups is 1. The minimum absolute atomic E-state index is 0.197. The summed E-state index contributed by atoms with van der Waals surface area (Å²) in [4.78, 5) is 13.1. The van der Waals surface area contributed by atoms with Gasteiger partial charge in [0.2, 0.25) is 5.91 Å². The zero-order valence-electron chi connectivity index (χ0n) is 10.0. The SMILES string of the molecule is CC.CCc1ccc2c(c1)CC(=O)N2C. The first-order chi connectivity index (χ1) is 7.22. The van der Waals surface area contributed by atoms with Crippen LogP contribution in [-0.4, -0.2) is 13.0 Å². The van der Waals surface area contributed by atoms with Gasteiger partial charge in [0, 0.05) is 12.7 Å². The van der Waals surface area contributed by atoms with Crippen LogP contribution < -0.4 is 4.90 Å². The molecule has 0 N–H and O–H groups in total. The van der Waals surface area contributed by atoms with Gasteiger partial charge in [-0.15, -0.1) is 0 Å². The summed E-state index contributed by atoms with van der Waals surface area (Å²) in [5, 5.41) is 0. The number of carbonyl (C=O) groups excluding carboxylic acids is 1. The van der Waals surface area contributed by atoms with Gasteiger partial charge in [0.25, 0.3) is 0 Å². The second-order valence-electron chi connectivity index (χ2n) is 3.45. The van der Waals surface area contributed by atoms with E-state index in [1.807, 2.05) is 27.0 Å². The van der Waals surface area contributed by atoms with E-state index >= 15 is 0 Å². The summed E-state index contributed by atoms with van der Waals surface area (Å²) in [5.74, 6) is 0.197. The molecular weight excluding hydrogens is 186 g/mol. The van der Waals surface area contributed by atoms with Crippen molar-refractivity contribution in [2.45, 2.75) is 33.6 Å². The Morgan fingerprint density at radius 2 is 2.00 bits per heavy atom. The van der Waals surface area contributed by atoms with Crippen LogP contribution in [0, 0.1) is 0 Å². The maximum atomic E-state index is 11.4. The van der Waals surface area contributed by atoms with Gasteiger partial charge < -0.3 is 4.90 Å². The van der Waals surface area contributed by atoms with Gasteiger partial charge in [-0.3, -0.25) is 4.79 Å². The molecule has 1 amide bonds. The van der Waals surface area contributed by atoms with Crippen LogP contribution in [-0.2, 0) is 17.6 Å². The van der Waals surface area contributed by atoms with E-state index in [9.17, 15) is 4.79 Å². The molecule has 1 aliphatic heterocycles. The van der Waals surface area contributed by atoms with Crippen molar-refractivity contribution >= 4 is 11.6 Å². The highest BCUT2D eigenvalue weighted by Crippen LogP contribution is 2.28. The van der Waals surface area contributed by atoms with E-state index in [1.54, 1.807) is 4.90 Å². The van der Waals surface area contributed by atoms with E-state index in [2.05, 4.69) is 19.1 Å². The van der Waals surface area contributed by atoms with E-state index in [1.165, 1.54) is 11.1 Å². The molecule has 1 aromatic carbocycles. The van der Waals surface area contributed by atoms with Crippen molar-refractivity contribution in [2.24, 2.45) is 0 Å². The number of aryl methyl sites for hydroxylation is 1. The quantitative estimate of drug-likeness (QED) is 0.690. The lowest BCUT2D eigenvalue weighted by Crippen LogP contribution is -2.20. The highest BCUT2D eigenvalue weighted by Gasteiger charge is 2.23. The standard InChI is InChI=1S/C11H13NO.C2H6/c1-3-8-4-5-10-9(6-8)7-11(13)12(10)2;1-2/h4-6H,3,7H2,1-2H3;1-2H3. The largest absolute Gasteiger partial charge is 0.315 e. The molecule has 1 heterocycles. The first kappa shape index (κ1) is 11.8. The van der Waals surface area contributed by atoms with Crippen molar-refractivity contribution in [3.63, 3.8) is 0 Å². The second kappa shape index (κ2) is 4.96. The second-order valence-corrected chi connectivity index (χ2v) is 3.45. The molecule has 1 aliphatic rings. The molecule has 2 rings (SSSR count). The van der Waals surface area contributed by atoms with Crippen LogP contribution in [0.15, 0.2) is 18.2 Å². The van der Waals surface area contributed by atoms with Gasteiger partial charge in [-0.25, -0.2) is 0 Å². The average molecular weight is 205 g/mol. The Labute approximate surface area is 91.9 Å². The van der Waals surface area contributed by atoms with Gasteiger partial charge in [-0.2, -0.15) is 0 Å². The molecule has 15 heavy (non-hydrogen) atoms. The van der Waals surface area contributed by atoms with Crippen LogP contribution in [0.1, 0.15) is 31.9 Å². The maximum absolute atomic E-state index is 11.4. The van der Waals surface area contributed by atoms with Gasteiger partial charge in [0.1, 0.15) is 0 Å². The number of hydrogen-bond donors (Lipinski definition) is 0. The topological polar surface area (TPSA) is 20.3 Å². The lowest BCUT2D eigenvalue weighted by atomic mass is 10.1. The van der Waals surface area contributed by atoms with Crippen molar-refractivity contribution in [3.8, 4) is 0 Å². The molecule has 1 aromatic rings. The fourth-order valence-electron chi connectivity index (χ4n) is 1.74. The Kier molecular flexibility index (Phi) is 3.89. The summed E-state index contributed by atoms with van der Waals surface area (Å²) in [6, 6.07) is 6.27. The van der Waals surface area contributed by atoms with Crippen LogP contribution in [0.4, 0.5) is 5.69 Å². The lowest BCUT2D eigenvalue weighted by Gasteiger charge is -2.09. The van der Waals surface area contributed by atoms with Crippen molar-refractivity contribution in [1.82, 2.24) is 0 Å². The first-order valence-electron chi connectivity index (χ1n) is 5.60. The Balaban J connectivity index is 0.000000531. The van der Waals surface area contributed by atoms with Crippen LogP contribution in [0.5, 0.6) is 0 Å². The van der Waals surface area contributed by atoms with Gasteiger partial charge in [-0.1, -0.05) is 32.9 Å². The summed E-state index contributed by atoms with van der Waals surface area (Å²) < 4.78 is 0. The van der Waals surface area contributed by atoms with Crippen LogP contribution in [0.25, 0.3) is 0 Å². The van der Waals surface area contributed by atoms with Crippen LogP contribution in [0.3, 0.4) is 0 Å². The van der Waals surface area contributed by atoms with E-state index in [-0.39, 0.29) is 5.91 Å². The number of rotatable bonds is 1. The zero-order chi connectivity index (χ0) is 11.4. The molecule has 82 valence electrons. The Morgan fingerprint density at radius 1 is 1.33 bits per heavy atom. The van der Waals surface area contributed by atoms with Crippen molar-refractivity contribution in [1.29, 1.82) is 0 Å². The van der Waals surface area contributed by atoms with Gasteiger partial charge in [0.05, 0.1) is 6.42 Å². The fraction of sp³-hybridized carbons (Fsp3) is 0.462. The van der Waals surface area contributed by atoms with Gasteiger partial charge in [0.15, 0.2) is 0 Å². The predicted octanol–water partition coefficient (Wildman–Crippen LogP) is 2.79. The van der Waals surface area contributed by atoms with E-state index in [0.717, 1.165) is 12.1 Å². The predicted molar refractivity (Wildman–Crippen MR) is 64.3 cm³/mol. The molecule has 0 aliphatic carbocycles. The van der Waals surface area contributed by atoms with E-state index in [0.29, 0.717) is 6.42 Å². The van der Waals surface area contributed by atoms with Crippen molar-refractivity contribution < 1.29 is 4.79 Å². The highest BCUT2D eigenvalue weighted by atomic mass is 16.2. The Morgan fingerprint density at radius 3 is 2.60 bits per heavy atom. The van der Waals surface area contributed by atoms with Crippen LogP contribution >= 0.6 is 0 Å². The summed E-state index contributed by atoms with van der Waals surface area (Å²) in [6.07, 6.45) is 1.60. The molecule has 0 spiro atoms. The zero-order valence-corrected chi connectivity index (χ0v) is 10.0. The Hall–Kier alpha value is -1.31. The maximum Gasteiger partial charge on any atom is 0.231 e. The van der Waals surface area contributed by atoms with E-state index < -0.39 is 0 Å². The number of anilines is 1. The molecule has 0 atom stereocenters. The molecule has 0 saturated carbocycles.